The van der Waals surface area contributed by atoms with Crippen molar-refractivity contribution in [2.75, 3.05) is 31.1 Å². The van der Waals surface area contributed by atoms with Gasteiger partial charge in [0.05, 0.1) is 5.56 Å². The monoisotopic (exact) mass is 256 g/mol. The lowest BCUT2D eigenvalue weighted by Gasteiger charge is -2.38. The standard InChI is InChI=1S/C15H20N4/c16-12-13-4-3-7-17-15(13)19-10-8-18(9-11-19)14-5-1-2-6-14/h3-4,7,14H,1-2,5-6,8-11H2. The molecule has 2 heterocycles. The van der Waals surface area contributed by atoms with E-state index in [0.29, 0.717) is 5.56 Å². The third kappa shape index (κ3) is 2.57. The van der Waals surface area contributed by atoms with Gasteiger partial charge in [0.1, 0.15) is 11.9 Å². The van der Waals surface area contributed by atoms with Crippen molar-refractivity contribution in [3.63, 3.8) is 0 Å². The Bertz CT molecular complexity index is 465. The van der Waals surface area contributed by atoms with Gasteiger partial charge in [-0.05, 0) is 25.0 Å². The van der Waals surface area contributed by atoms with E-state index < -0.39 is 0 Å². The van der Waals surface area contributed by atoms with Crippen LogP contribution in [0.1, 0.15) is 31.2 Å². The van der Waals surface area contributed by atoms with Gasteiger partial charge in [-0.3, -0.25) is 4.90 Å². The molecule has 1 aromatic rings. The van der Waals surface area contributed by atoms with Crippen molar-refractivity contribution < 1.29 is 0 Å². The fourth-order valence-corrected chi connectivity index (χ4v) is 3.30. The summed E-state index contributed by atoms with van der Waals surface area (Å²) < 4.78 is 0. The van der Waals surface area contributed by atoms with E-state index in [1.807, 2.05) is 12.1 Å². The van der Waals surface area contributed by atoms with Crippen LogP contribution in [-0.4, -0.2) is 42.1 Å². The summed E-state index contributed by atoms with van der Waals surface area (Å²) in [5.41, 5.74) is 0.691. The van der Waals surface area contributed by atoms with Gasteiger partial charge >= 0.3 is 0 Å². The second-order valence-corrected chi connectivity index (χ2v) is 5.45. The van der Waals surface area contributed by atoms with Crippen molar-refractivity contribution in [2.45, 2.75) is 31.7 Å². The van der Waals surface area contributed by atoms with Gasteiger partial charge < -0.3 is 4.90 Å². The number of hydrogen-bond donors (Lipinski definition) is 0. The molecule has 0 unspecified atom stereocenters. The van der Waals surface area contributed by atoms with Crippen LogP contribution in [0.5, 0.6) is 0 Å². The van der Waals surface area contributed by atoms with E-state index in [1.54, 1.807) is 6.20 Å². The van der Waals surface area contributed by atoms with Gasteiger partial charge in [-0.15, -0.1) is 0 Å². The second kappa shape index (κ2) is 5.58. The average Bonchev–Trinajstić information content (AvgIpc) is 3.02. The Morgan fingerprint density at radius 3 is 2.58 bits per heavy atom. The first-order chi connectivity index (χ1) is 9.38. The number of aromatic nitrogens is 1. The molecular formula is C15H20N4. The summed E-state index contributed by atoms with van der Waals surface area (Å²) in [4.78, 5) is 9.26. The summed E-state index contributed by atoms with van der Waals surface area (Å²) in [6, 6.07) is 6.73. The molecule has 2 aliphatic rings. The Kier molecular flexibility index (Phi) is 3.65. The van der Waals surface area contributed by atoms with Crippen LogP contribution >= 0.6 is 0 Å². The highest BCUT2D eigenvalue weighted by Gasteiger charge is 2.27. The quantitative estimate of drug-likeness (QED) is 0.812. The molecule has 3 rings (SSSR count). The van der Waals surface area contributed by atoms with Crippen LogP contribution in [0.4, 0.5) is 5.82 Å². The number of pyridine rings is 1. The molecule has 0 amide bonds. The van der Waals surface area contributed by atoms with Gasteiger partial charge in [-0.2, -0.15) is 5.26 Å². The van der Waals surface area contributed by atoms with E-state index in [2.05, 4.69) is 20.9 Å². The molecule has 2 fully saturated rings. The van der Waals surface area contributed by atoms with Crippen molar-refractivity contribution in [1.29, 1.82) is 5.26 Å². The van der Waals surface area contributed by atoms with Gasteiger partial charge in [0.25, 0.3) is 0 Å². The number of anilines is 1. The number of rotatable bonds is 2. The minimum Gasteiger partial charge on any atom is -0.353 e. The maximum Gasteiger partial charge on any atom is 0.146 e. The van der Waals surface area contributed by atoms with E-state index >= 15 is 0 Å². The first-order valence-corrected chi connectivity index (χ1v) is 7.22. The summed E-state index contributed by atoms with van der Waals surface area (Å²) in [5, 5.41) is 9.15. The molecular weight excluding hydrogens is 236 g/mol. The Labute approximate surface area is 114 Å². The smallest absolute Gasteiger partial charge is 0.146 e. The van der Waals surface area contributed by atoms with Crippen molar-refractivity contribution in [3.8, 4) is 6.07 Å². The molecule has 0 atom stereocenters. The summed E-state index contributed by atoms with van der Waals surface area (Å²) in [5.74, 6) is 0.857. The van der Waals surface area contributed by atoms with Gasteiger partial charge in [-0.25, -0.2) is 4.98 Å². The largest absolute Gasteiger partial charge is 0.353 e. The lowest BCUT2D eigenvalue weighted by molar-refractivity contribution is 0.187. The highest BCUT2D eigenvalue weighted by atomic mass is 15.3. The molecule has 0 spiro atoms. The van der Waals surface area contributed by atoms with Gasteiger partial charge in [0.15, 0.2) is 0 Å². The number of piperazine rings is 1. The lowest BCUT2D eigenvalue weighted by Crippen LogP contribution is -2.50. The van der Waals surface area contributed by atoms with Crippen LogP contribution < -0.4 is 4.90 Å². The zero-order valence-corrected chi connectivity index (χ0v) is 11.3. The zero-order valence-electron chi connectivity index (χ0n) is 11.3. The van der Waals surface area contributed by atoms with Crippen molar-refractivity contribution in [1.82, 2.24) is 9.88 Å². The maximum atomic E-state index is 9.15. The van der Waals surface area contributed by atoms with E-state index in [0.717, 1.165) is 38.0 Å². The first kappa shape index (κ1) is 12.4. The normalized spacial score (nSPS) is 21.5. The van der Waals surface area contributed by atoms with Crippen molar-refractivity contribution in [3.05, 3.63) is 23.9 Å². The fraction of sp³-hybridized carbons (Fsp3) is 0.600. The molecule has 0 aromatic carbocycles. The molecule has 100 valence electrons. The SMILES string of the molecule is N#Cc1cccnc1N1CCN(C2CCCC2)CC1. The molecule has 4 heteroatoms. The molecule has 1 aliphatic heterocycles. The van der Waals surface area contributed by atoms with Crippen LogP contribution in [0.3, 0.4) is 0 Å². The van der Waals surface area contributed by atoms with Crippen LogP contribution in [0, 0.1) is 11.3 Å². The van der Waals surface area contributed by atoms with Gasteiger partial charge in [0.2, 0.25) is 0 Å². The Hall–Kier alpha value is -1.60. The third-order valence-corrected chi connectivity index (χ3v) is 4.36. The average molecular weight is 256 g/mol. The van der Waals surface area contributed by atoms with Crippen LogP contribution in [0.15, 0.2) is 18.3 Å². The predicted molar refractivity (Wildman–Crippen MR) is 75.0 cm³/mol. The maximum absolute atomic E-state index is 9.15. The summed E-state index contributed by atoms with van der Waals surface area (Å²) >= 11 is 0. The minimum absolute atomic E-state index is 0.691. The van der Waals surface area contributed by atoms with Crippen LogP contribution in [0.2, 0.25) is 0 Å². The zero-order chi connectivity index (χ0) is 13.1. The molecule has 0 bridgehead atoms. The Morgan fingerprint density at radius 2 is 1.89 bits per heavy atom. The van der Waals surface area contributed by atoms with E-state index in [4.69, 9.17) is 5.26 Å². The topological polar surface area (TPSA) is 43.2 Å². The molecule has 0 N–H and O–H groups in total. The summed E-state index contributed by atoms with van der Waals surface area (Å²) in [6.07, 6.45) is 7.30. The fourth-order valence-electron chi connectivity index (χ4n) is 3.30. The Morgan fingerprint density at radius 1 is 1.16 bits per heavy atom. The summed E-state index contributed by atoms with van der Waals surface area (Å²) in [7, 11) is 0. The number of hydrogen-bond acceptors (Lipinski definition) is 4. The highest BCUT2D eigenvalue weighted by molar-refractivity contribution is 5.53. The molecule has 4 nitrogen and oxygen atoms in total. The van der Waals surface area contributed by atoms with E-state index in [1.165, 1.54) is 25.7 Å². The van der Waals surface area contributed by atoms with Crippen LogP contribution in [-0.2, 0) is 0 Å². The molecule has 19 heavy (non-hydrogen) atoms. The van der Waals surface area contributed by atoms with E-state index in [9.17, 15) is 0 Å². The van der Waals surface area contributed by atoms with Crippen molar-refractivity contribution >= 4 is 5.82 Å². The molecule has 1 aliphatic carbocycles. The predicted octanol–water partition coefficient (Wildman–Crippen LogP) is 2.02. The second-order valence-electron chi connectivity index (χ2n) is 5.45. The molecule has 1 aromatic heterocycles. The molecule has 1 saturated carbocycles. The van der Waals surface area contributed by atoms with E-state index in [-0.39, 0.29) is 0 Å². The third-order valence-electron chi connectivity index (χ3n) is 4.36. The van der Waals surface area contributed by atoms with Crippen molar-refractivity contribution in [2.24, 2.45) is 0 Å². The number of nitrogens with zero attached hydrogens (tertiary/aromatic N) is 4. The molecule has 0 radical (unpaired) electrons. The Balaban J connectivity index is 1.65. The highest BCUT2D eigenvalue weighted by Crippen LogP contribution is 2.25. The van der Waals surface area contributed by atoms with Gasteiger partial charge in [0, 0.05) is 38.4 Å². The van der Waals surface area contributed by atoms with Gasteiger partial charge in [-0.1, -0.05) is 12.8 Å². The first-order valence-electron chi connectivity index (χ1n) is 7.22. The minimum atomic E-state index is 0.691. The van der Waals surface area contributed by atoms with Crippen LogP contribution in [0.25, 0.3) is 0 Å². The lowest BCUT2D eigenvalue weighted by atomic mass is 10.1. The molecule has 1 saturated heterocycles. The summed E-state index contributed by atoms with van der Waals surface area (Å²) in [6.45, 7) is 4.18. The number of nitriles is 1.